The van der Waals surface area contributed by atoms with Crippen molar-refractivity contribution >= 4 is 38.4 Å². The van der Waals surface area contributed by atoms with Gasteiger partial charge in [0, 0.05) is 32.8 Å². The van der Waals surface area contributed by atoms with E-state index in [4.69, 9.17) is 21.5 Å². The molecule has 8 rings (SSSR count). The summed E-state index contributed by atoms with van der Waals surface area (Å²) in [7, 11) is 0. The zero-order valence-electron chi connectivity index (χ0n) is 25.1. The van der Waals surface area contributed by atoms with Crippen molar-refractivity contribution < 1.29 is 22.0 Å². The van der Waals surface area contributed by atoms with Crippen molar-refractivity contribution in [3.63, 3.8) is 0 Å². The molecule has 2 heterocycles. The predicted molar refractivity (Wildman–Crippen MR) is 180 cm³/mol. The molecular formula is C40H19F5N4. The first-order valence-corrected chi connectivity index (χ1v) is 15.0. The molecule has 2 aromatic heterocycles. The molecule has 49 heavy (non-hydrogen) atoms. The van der Waals surface area contributed by atoms with E-state index in [0.29, 0.717) is 44.1 Å². The van der Waals surface area contributed by atoms with Gasteiger partial charge in [-0.25, -0.2) is 36.8 Å². The average molecular weight is 651 g/mol. The molecule has 6 aromatic carbocycles. The second-order valence-electron chi connectivity index (χ2n) is 11.2. The number of hydrogen-bond donors (Lipinski definition) is 0. The van der Waals surface area contributed by atoms with Crippen LogP contribution in [-0.4, -0.2) is 15.0 Å². The first-order valence-electron chi connectivity index (χ1n) is 15.0. The number of fused-ring (bicyclic) bond motifs is 5. The maximum Gasteiger partial charge on any atom is 0.215 e. The highest BCUT2D eigenvalue weighted by Gasteiger charge is 2.29. The zero-order chi connectivity index (χ0) is 33.8. The van der Waals surface area contributed by atoms with Gasteiger partial charge in [0.1, 0.15) is 0 Å². The fourth-order valence-corrected chi connectivity index (χ4v) is 6.25. The van der Waals surface area contributed by atoms with Crippen molar-refractivity contribution in [3.05, 3.63) is 156 Å². The molecule has 0 atom stereocenters. The van der Waals surface area contributed by atoms with E-state index < -0.39 is 34.6 Å². The summed E-state index contributed by atoms with van der Waals surface area (Å²) in [6, 6.07) is 33.5. The standard InChI is InChI=1S/C40H19F5N4/c1-46-28-20-26-29(40-39(28)48-36(21-12-4-2-5-13-21)37(49-40)22-14-6-3-7-15-22)25-18-10-11-19-27(25)47-38(26)24-17-9-8-16-23(24)30-31(41)33(43)35(45)34(44)32(30)42/h2-20H. The van der Waals surface area contributed by atoms with E-state index in [1.165, 1.54) is 18.2 Å². The highest BCUT2D eigenvalue weighted by atomic mass is 19.2. The van der Waals surface area contributed by atoms with Crippen LogP contribution >= 0.6 is 0 Å². The lowest BCUT2D eigenvalue weighted by atomic mass is 9.92. The van der Waals surface area contributed by atoms with Gasteiger partial charge < -0.3 is 0 Å². The van der Waals surface area contributed by atoms with Crippen LogP contribution in [0.3, 0.4) is 0 Å². The summed E-state index contributed by atoms with van der Waals surface area (Å²) >= 11 is 0. The zero-order valence-corrected chi connectivity index (χ0v) is 25.1. The van der Waals surface area contributed by atoms with Gasteiger partial charge in [-0.1, -0.05) is 103 Å². The fourth-order valence-electron chi connectivity index (χ4n) is 6.25. The number of halogens is 5. The maximum atomic E-state index is 15.3. The minimum Gasteiger partial charge on any atom is -0.255 e. The highest BCUT2D eigenvalue weighted by Crippen LogP contribution is 2.45. The van der Waals surface area contributed by atoms with Gasteiger partial charge in [-0.05, 0) is 17.7 Å². The first kappa shape index (κ1) is 29.8. The predicted octanol–water partition coefficient (Wildman–Crippen LogP) is 11.2. The molecule has 0 amide bonds. The number of nitrogens with zero attached hydrogens (tertiary/aromatic N) is 4. The molecule has 0 radical (unpaired) electrons. The molecule has 0 aliphatic heterocycles. The van der Waals surface area contributed by atoms with E-state index in [1.807, 2.05) is 72.8 Å². The Bertz CT molecular complexity index is 2640. The molecule has 0 saturated heterocycles. The van der Waals surface area contributed by atoms with Crippen molar-refractivity contribution in [3.8, 4) is 44.9 Å². The molecule has 0 aliphatic rings. The Labute approximate surface area is 275 Å². The summed E-state index contributed by atoms with van der Waals surface area (Å²) in [6.45, 7) is 8.15. The third-order valence-electron chi connectivity index (χ3n) is 8.46. The first-order chi connectivity index (χ1) is 23.9. The molecule has 0 N–H and O–H groups in total. The molecule has 0 spiro atoms. The van der Waals surface area contributed by atoms with Crippen LogP contribution in [0.2, 0.25) is 0 Å². The molecule has 8 aromatic rings. The maximum absolute atomic E-state index is 15.3. The molecule has 0 unspecified atom stereocenters. The average Bonchev–Trinajstić information content (AvgIpc) is 3.16. The quantitative estimate of drug-likeness (QED) is 0.0626. The lowest BCUT2D eigenvalue weighted by Gasteiger charge is -2.18. The van der Waals surface area contributed by atoms with Crippen LogP contribution in [-0.2, 0) is 0 Å². The van der Waals surface area contributed by atoms with Crippen LogP contribution in [0.5, 0.6) is 0 Å². The van der Waals surface area contributed by atoms with Crippen molar-refractivity contribution in [2.45, 2.75) is 0 Å². The third-order valence-corrected chi connectivity index (χ3v) is 8.46. The van der Waals surface area contributed by atoms with E-state index >= 15 is 8.78 Å². The number of hydrogen-bond acceptors (Lipinski definition) is 3. The van der Waals surface area contributed by atoms with Crippen LogP contribution in [0.25, 0.3) is 82.5 Å². The lowest BCUT2D eigenvalue weighted by Crippen LogP contribution is -2.05. The number of para-hydroxylation sites is 1. The molecule has 0 bridgehead atoms. The molecule has 0 aliphatic carbocycles. The molecule has 234 valence electrons. The van der Waals surface area contributed by atoms with Crippen molar-refractivity contribution in [2.75, 3.05) is 0 Å². The van der Waals surface area contributed by atoms with E-state index in [1.54, 1.807) is 24.3 Å². The fraction of sp³-hybridized carbons (Fsp3) is 0. The summed E-state index contributed by atoms with van der Waals surface area (Å²) in [5, 5.41) is 1.60. The van der Waals surface area contributed by atoms with Gasteiger partial charge in [0.15, 0.2) is 23.3 Å². The monoisotopic (exact) mass is 650 g/mol. The normalized spacial score (nSPS) is 11.3. The lowest BCUT2D eigenvalue weighted by molar-refractivity contribution is 0.381. The largest absolute Gasteiger partial charge is 0.255 e. The minimum atomic E-state index is -2.25. The number of rotatable bonds is 4. The molecule has 4 nitrogen and oxygen atoms in total. The van der Waals surface area contributed by atoms with Crippen LogP contribution < -0.4 is 0 Å². The Balaban J connectivity index is 1.54. The summed E-state index contributed by atoms with van der Waals surface area (Å²) in [5.41, 5.74) is 2.94. The Morgan fingerprint density at radius 1 is 0.469 bits per heavy atom. The molecular weight excluding hydrogens is 631 g/mol. The second-order valence-corrected chi connectivity index (χ2v) is 11.2. The van der Waals surface area contributed by atoms with E-state index in [-0.39, 0.29) is 22.5 Å². The van der Waals surface area contributed by atoms with Gasteiger partial charge >= 0.3 is 0 Å². The van der Waals surface area contributed by atoms with Crippen molar-refractivity contribution in [1.29, 1.82) is 0 Å². The number of pyridine rings is 1. The van der Waals surface area contributed by atoms with E-state index in [2.05, 4.69) is 4.85 Å². The molecule has 9 heteroatoms. The Morgan fingerprint density at radius 3 is 1.59 bits per heavy atom. The second kappa shape index (κ2) is 11.6. The Hall–Kier alpha value is -6.53. The third kappa shape index (κ3) is 4.68. The van der Waals surface area contributed by atoms with Gasteiger partial charge in [-0.15, -0.1) is 0 Å². The van der Waals surface area contributed by atoms with E-state index in [0.717, 1.165) is 11.1 Å². The number of aromatic nitrogens is 3. The van der Waals surface area contributed by atoms with Crippen LogP contribution in [0.4, 0.5) is 27.6 Å². The van der Waals surface area contributed by atoms with Gasteiger partial charge in [-0.2, -0.15) is 0 Å². The summed E-state index contributed by atoms with van der Waals surface area (Å²) < 4.78 is 73.5. The summed E-state index contributed by atoms with van der Waals surface area (Å²) in [5.74, 6) is -10.3. The van der Waals surface area contributed by atoms with Gasteiger partial charge in [0.05, 0.1) is 45.8 Å². The van der Waals surface area contributed by atoms with Crippen LogP contribution in [0.1, 0.15) is 0 Å². The Morgan fingerprint density at radius 2 is 0.980 bits per heavy atom. The van der Waals surface area contributed by atoms with Crippen LogP contribution in [0.15, 0.2) is 115 Å². The van der Waals surface area contributed by atoms with Crippen molar-refractivity contribution in [1.82, 2.24) is 15.0 Å². The van der Waals surface area contributed by atoms with Crippen molar-refractivity contribution in [2.24, 2.45) is 0 Å². The molecule has 0 saturated carbocycles. The number of benzene rings is 6. The minimum absolute atomic E-state index is 0.0916. The van der Waals surface area contributed by atoms with Gasteiger partial charge in [-0.3, -0.25) is 4.98 Å². The molecule has 0 fully saturated rings. The van der Waals surface area contributed by atoms with E-state index in [9.17, 15) is 13.2 Å². The summed E-state index contributed by atoms with van der Waals surface area (Å²) in [4.78, 5) is 18.9. The highest BCUT2D eigenvalue weighted by molar-refractivity contribution is 6.24. The van der Waals surface area contributed by atoms with Gasteiger partial charge in [0.25, 0.3) is 0 Å². The SMILES string of the molecule is [C-]#[N+]c1cc2c(-c3ccccc3-c3c(F)c(F)c(F)c(F)c3F)nc3ccccc3c2c2nc(-c3ccccc3)c(-c3ccccc3)nc12. The topological polar surface area (TPSA) is 43.0 Å². The van der Waals surface area contributed by atoms with Crippen LogP contribution in [0, 0.1) is 35.7 Å². The Kier molecular flexibility index (Phi) is 7.07. The smallest absolute Gasteiger partial charge is 0.215 e. The summed E-state index contributed by atoms with van der Waals surface area (Å²) in [6.07, 6.45) is 0. The van der Waals surface area contributed by atoms with Gasteiger partial charge in [0.2, 0.25) is 11.5 Å².